The fraction of sp³-hybridized carbons (Fsp3) is 0.571. The Hall–Kier alpha value is -1.31. The Morgan fingerprint density at radius 3 is 2.43 bits per heavy atom. The van der Waals surface area contributed by atoms with Crippen LogP contribution >= 0.6 is 0 Å². The van der Waals surface area contributed by atoms with Crippen LogP contribution in [0.25, 0.3) is 0 Å². The highest BCUT2D eigenvalue weighted by atomic mass is 32.2. The number of hydrogen-bond acceptors (Lipinski definition) is 5. The lowest BCUT2D eigenvalue weighted by atomic mass is 9.82. The zero-order chi connectivity index (χ0) is 15.3. The van der Waals surface area contributed by atoms with Gasteiger partial charge < -0.3 is 15.2 Å². The smallest absolute Gasteiger partial charge is 0.243 e. The number of sulfonamides is 1. The summed E-state index contributed by atoms with van der Waals surface area (Å²) in [6.07, 6.45) is 0. The van der Waals surface area contributed by atoms with Gasteiger partial charge in [-0.3, -0.25) is 0 Å². The molecule has 2 aliphatic heterocycles. The van der Waals surface area contributed by atoms with E-state index < -0.39 is 15.6 Å². The highest BCUT2D eigenvalue weighted by Crippen LogP contribution is 2.36. The van der Waals surface area contributed by atoms with Crippen molar-refractivity contribution in [3.05, 3.63) is 18.2 Å². The van der Waals surface area contributed by atoms with Gasteiger partial charge in [-0.05, 0) is 18.1 Å². The van der Waals surface area contributed by atoms with E-state index in [-0.39, 0.29) is 10.8 Å². The fourth-order valence-electron chi connectivity index (χ4n) is 2.48. The van der Waals surface area contributed by atoms with Crippen LogP contribution in [0, 0.1) is 5.92 Å². The van der Waals surface area contributed by atoms with E-state index in [2.05, 4.69) is 0 Å². The van der Waals surface area contributed by atoms with Crippen molar-refractivity contribution in [2.45, 2.75) is 24.3 Å². The molecule has 0 aromatic heterocycles. The van der Waals surface area contributed by atoms with Crippen molar-refractivity contribution in [1.29, 1.82) is 0 Å². The lowest BCUT2D eigenvalue weighted by molar-refractivity contribution is 0.110. The van der Waals surface area contributed by atoms with E-state index in [1.807, 2.05) is 13.8 Å². The van der Waals surface area contributed by atoms with Gasteiger partial charge in [0.15, 0.2) is 11.5 Å². The minimum absolute atomic E-state index is 0.220. The minimum Gasteiger partial charge on any atom is -0.486 e. The number of rotatable bonds is 3. The average Bonchev–Trinajstić information content (AvgIpc) is 2.43. The normalized spacial score (nSPS) is 21.1. The van der Waals surface area contributed by atoms with Gasteiger partial charge in [-0.25, -0.2) is 8.42 Å². The molecule has 116 valence electrons. The first kappa shape index (κ1) is 14.6. The van der Waals surface area contributed by atoms with Crippen molar-refractivity contribution in [2.75, 3.05) is 26.3 Å². The Morgan fingerprint density at radius 2 is 1.81 bits per heavy atom. The Bertz CT molecular complexity index is 651. The monoisotopic (exact) mass is 312 g/mol. The summed E-state index contributed by atoms with van der Waals surface area (Å²) in [6.45, 7) is 5.62. The predicted octanol–water partition coefficient (Wildman–Crippen LogP) is 0.816. The van der Waals surface area contributed by atoms with Gasteiger partial charge in [0.05, 0.1) is 4.90 Å². The first-order chi connectivity index (χ1) is 9.83. The van der Waals surface area contributed by atoms with E-state index in [1.54, 1.807) is 12.1 Å². The maximum absolute atomic E-state index is 12.6. The molecule has 6 nitrogen and oxygen atoms in total. The van der Waals surface area contributed by atoms with Crippen LogP contribution < -0.4 is 15.2 Å². The molecule has 0 spiro atoms. The summed E-state index contributed by atoms with van der Waals surface area (Å²) >= 11 is 0. The molecule has 0 atom stereocenters. The molecule has 21 heavy (non-hydrogen) atoms. The summed E-state index contributed by atoms with van der Waals surface area (Å²) in [7, 11) is -3.52. The first-order valence-corrected chi connectivity index (χ1v) is 8.46. The van der Waals surface area contributed by atoms with Gasteiger partial charge in [-0.1, -0.05) is 13.8 Å². The van der Waals surface area contributed by atoms with E-state index >= 15 is 0 Å². The molecule has 0 aliphatic carbocycles. The van der Waals surface area contributed by atoms with Crippen LogP contribution in [-0.4, -0.2) is 44.6 Å². The molecule has 0 saturated carbocycles. The average molecular weight is 312 g/mol. The molecule has 1 aromatic carbocycles. The van der Waals surface area contributed by atoms with Gasteiger partial charge in [0, 0.05) is 24.7 Å². The summed E-state index contributed by atoms with van der Waals surface area (Å²) in [5.41, 5.74) is 5.74. The molecule has 1 aromatic rings. The number of nitrogens with zero attached hydrogens (tertiary/aromatic N) is 1. The highest BCUT2D eigenvalue weighted by molar-refractivity contribution is 7.89. The van der Waals surface area contributed by atoms with Crippen molar-refractivity contribution in [3.63, 3.8) is 0 Å². The van der Waals surface area contributed by atoms with Crippen LogP contribution in [-0.2, 0) is 10.0 Å². The number of fused-ring (bicyclic) bond motifs is 1. The molecule has 0 unspecified atom stereocenters. The highest BCUT2D eigenvalue weighted by Gasteiger charge is 2.47. The van der Waals surface area contributed by atoms with Gasteiger partial charge in [-0.15, -0.1) is 0 Å². The molecule has 2 N–H and O–H groups in total. The van der Waals surface area contributed by atoms with Crippen LogP contribution in [0.4, 0.5) is 0 Å². The molecular weight excluding hydrogens is 292 g/mol. The molecule has 7 heteroatoms. The Balaban J connectivity index is 1.83. The minimum atomic E-state index is -3.52. The standard InChI is InChI=1S/C14H20N2O4S/c1-10(2)14(15)8-16(9-14)21(17,18)11-3-4-12-13(7-11)20-6-5-19-12/h3-4,7,10H,5-6,8-9,15H2,1-2H3. The molecule has 0 bridgehead atoms. The van der Waals surface area contributed by atoms with E-state index in [9.17, 15) is 8.42 Å². The number of hydrogen-bond donors (Lipinski definition) is 1. The van der Waals surface area contributed by atoms with Gasteiger partial charge >= 0.3 is 0 Å². The molecule has 2 heterocycles. The fourth-order valence-corrected chi connectivity index (χ4v) is 4.09. The summed E-state index contributed by atoms with van der Waals surface area (Å²) < 4.78 is 37.4. The molecule has 0 radical (unpaired) electrons. The quantitative estimate of drug-likeness (QED) is 0.893. The van der Waals surface area contributed by atoms with Crippen LogP contribution in [0.15, 0.2) is 23.1 Å². The summed E-state index contributed by atoms with van der Waals surface area (Å²) in [5, 5.41) is 0. The van der Waals surface area contributed by atoms with Crippen molar-refractivity contribution < 1.29 is 17.9 Å². The second-order valence-electron chi connectivity index (χ2n) is 5.97. The van der Waals surface area contributed by atoms with Crippen LogP contribution in [0.1, 0.15) is 13.8 Å². The third-order valence-corrected chi connectivity index (χ3v) is 6.03. The van der Waals surface area contributed by atoms with Crippen LogP contribution in [0.3, 0.4) is 0 Å². The van der Waals surface area contributed by atoms with Gasteiger partial charge in [0.1, 0.15) is 13.2 Å². The number of benzene rings is 1. The molecule has 3 rings (SSSR count). The van der Waals surface area contributed by atoms with E-state index in [0.29, 0.717) is 37.8 Å². The maximum Gasteiger partial charge on any atom is 0.243 e. The predicted molar refractivity (Wildman–Crippen MR) is 77.9 cm³/mol. The Labute approximate surface area is 124 Å². The summed E-state index contributed by atoms with van der Waals surface area (Å²) in [6, 6.07) is 4.71. The van der Waals surface area contributed by atoms with Gasteiger partial charge in [-0.2, -0.15) is 4.31 Å². The van der Waals surface area contributed by atoms with Crippen LogP contribution in [0.5, 0.6) is 11.5 Å². The third-order valence-electron chi connectivity index (χ3n) is 4.24. The molecular formula is C14H20N2O4S. The topological polar surface area (TPSA) is 81.9 Å². The molecule has 0 amide bonds. The third kappa shape index (κ3) is 2.39. The van der Waals surface area contributed by atoms with E-state index in [0.717, 1.165) is 0 Å². The summed E-state index contributed by atoms with van der Waals surface area (Å²) in [5.74, 6) is 1.30. The zero-order valence-electron chi connectivity index (χ0n) is 12.2. The van der Waals surface area contributed by atoms with Crippen molar-refractivity contribution in [3.8, 4) is 11.5 Å². The van der Waals surface area contributed by atoms with Crippen molar-refractivity contribution in [2.24, 2.45) is 11.7 Å². The second-order valence-corrected chi connectivity index (χ2v) is 7.90. The molecule has 1 fully saturated rings. The van der Waals surface area contributed by atoms with Crippen molar-refractivity contribution in [1.82, 2.24) is 4.31 Å². The summed E-state index contributed by atoms with van der Waals surface area (Å²) in [4.78, 5) is 0.220. The first-order valence-electron chi connectivity index (χ1n) is 7.02. The second kappa shape index (κ2) is 4.86. The zero-order valence-corrected chi connectivity index (χ0v) is 13.0. The Kier molecular flexibility index (Phi) is 3.38. The van der Waals surface area contributed by atoms with Gasteiger partial charge in [0.25, 0.3) is 0 Å². The SMILES string of the molecule is CC(C)C1(N)CN(S(=O)(=O)c2ccc3c(c2)OCCO3)C1. The van der Waals surface area contributed by atoms with Crippen molar-refractivity contribution >= 4 is 10.0 Å². The number of nitrogens with two attached hydrogens (primary N) is 1. The maximum atomic E-state index is 12.6. The largest absolute Gasteiger partial charge is 0.486 e. The van der Waals surface area contributed by atoms with E-state index in [1.165, 1.54) is 10.4 Å². The number of ether oxygens (including phenoxy) is 2. The molecule has 2 aliphatic rings. The lowest BCUT2D eigenvalue weighted by Crippen LogP contribution is -2.70. The Morgan fingerprint density at radius 1 is 1.19 bits per heavy atom. The van der Waals surface area contributed by atoms with Crippen LogP contribution in [0.2, 0.25) is 0 Å². The van der Waals surface area contributed by atoms with Gasteiger partial charge in [0.2, 0.25) is 10.0 Å². The molecule has 1 saturated heterocycles. The lowest BCUT2D eigenvalue weighted by Gasteiger charge is -2.49. The van der Waals surface area contributed by atoms with E-state index in [4.69, 9.17) is 15.2 Å².